The van der Waals surface area contributed by atoms with E-state index in [9.17, 15) is 4.79 Å². The summed E-state index contributed by atoms with van der Waals surface area (Å²) in [6.07, 6.45) is 3.73. The summed E-state index contributed by atoms with van der Waals surface area (Å²) < 4.78 is 7.09. The average molecular weight is 272 g/mol. The van der Waals surface area contributed by atoms with Crippen molar-refractivity contribution >= 4 is 5.78 Å². The molecular weight excluding hydrogens is 252 g/mol. The zero-order valence-electron chi connectivity index (χ0n) is 12.2. The van der Waals surface area contributed by atoms with E-state index in [4.69, 9.17) is 4.74 Å². The Kier molecular flexibility index (Phi) is 4.58. The number of likely N-dealkylation sites (N-methyl/N-ethyl adjacent to an activating group) is 1. The van der Waals surface area contributed by atoms with Crippen LogP contribution in [0.2, 0.25) is 0 Å². The quantitative estimate of drug-likeness (QED) is 0.757. The number of carbonyl (C=O) groups is 1. The van der Waals surface area contributed by atoms with Crippen molar-refractivity contribution in [1.29, 1.82) is 0 Å². The highest BCUT2D eigenvalue weighted by Crippen LogP contribution is 2.14. The third-order valence-corrected chi connectivity index (χ3v) is 3.15. The zero-order chi connectivity index (χ0) is 14.5. The molecule has 0 radical (unpaired) electrons. The Labute approximate surface area is 119 Å². The molecule has 20 heavy (non-hydrogen) atoms. The second-order valence-electron chi connectivity index (χ2n) is 5.01. The Bertz CT molecular complexity index is 590. The minimum absolute atomic E-state index is 0.135. The maximum absolute atomic E-state index is 12.1. The molecule has 2 aromatic rings. The molecule has 0 bridgehead atoms. The molecule has 0 aliphatic rings. The standard InChI is InChI=1S/C16H20N2O2/c1-17-8-7-14(11-17)16(19)12-18(2)10-13-5-4-6-15(9-13)20-3/h4-9,11H,10,12H2,1-3H3. The Hall–Kier alpha value is -2.07. The lowest BCUT2D eigenvalue weighted by Crippen LogP contribution is -2.25. The van der Waals surface area contributed by atoms with Gasteiger partial charge in [0.2, 0.25) is 0 Å². The van der Waals surface area contributed by atoms with Crippen molar-refractivity contribution in [3.63, 3.8) is 0 Å². The normalized spacial score (nSPS) is 10.8. The minimum atomic E-state index is 0.135. The highest BCUT2D eigenvalue weighted by molar-refractivity contribution is 5.97. The number of Topliss-reactive ketones (excluding diaryl/α,β-unsaturated/α-hetero) is 1. The van der Waals surface area contributed by atoms with Gasteiger partial charge in [0.1, 0.15) is 5.75 Å². The van der Waals surface area contributed by atoms with Gasteiger partial charge in [-0.2, -0.15) is 0 Å². The fraction of sp³-hybridized carbons (Fsp3) is 0.312. The third kappa shape index (κ3) is 3.71. The van der Waals surface area contributed by atoms with E-state index in [0.29, 0.717) is 6.54 Å². The van der Waals surface area contributed by atoms with E-state index < -0.39 is 0 Å². The number of methoxy groups -OCH3 is 1. The van der Waals surface area contributed by atoms with Crippen LogP contribution in [0.4, 0.5) is 0 Å². The van der Waals surface area contributed by atoms with Gasteiger partial charge in [-0.3, -0.25) is 9.69 Å². The van der Waals surface area contributed by atoms with Crippen LogP contribution >= 0.6 is 0 Å². The van der Waals surface area contributed by atoms with Crippen LogP contribution in [0.15, 0.2) is 42.7 Å². The highest BCUT2D eigenvalue weighted by atomic mass is 16.5. The van der Waals surface area contributed by atoms with Gasteiger partial charge >= 0.3 is 0 Å². The van der Waals surface area contributed by atoms with Crippen LogP contribution < -0.4 is 4.74 Å². The molecule has 106 valence electrons. The van der Waals surface area contributed by atoms with E-state index in [-0.39, 0.29) is 5.78 Å². The van der Waals surface area contributed by atoms with Gasteiger partial charge in [-0.15, -0.1) is 0 Å². The highest BCUT2D eigenvalue weighted by Gasteiger charge is 2.10. The third-order valence-electron chi connectivity index (χ3n) is 3.15. The number of hydrogen-bond acceptors (Lipinski definition) is 3. The number of ether oxygens (including phenoxy) is 1. The number of carbonyl (C=O) groups excluding carboxylic acids is 1. The molecule has 0 aliphatic carbocycles. The van der Waals surface area contributed by atoms with Crippen LogP contribution in [-0.2, 0) is 13.6 Å². The topological polar surface area (TPSA) is 34.5 Å². The number of rotatable bonds is 6. The first-order valence-electron chi connectivity index (χ1n) is 6.55. The van der Waals surface area contributed by atoms with E-state index in [2.05, 4.69) is 0 Å². The summed E-state index contributed by atoms with van der Waals surface area (Å²) in [5.74, 6) is 0.973. The molecule has 0 saturated heterocycles. The van der Waals surface area contributed by atoms with Gasteiger partial charge in [0, 0.05) is 31.5 Å². The van der Waals surface area contributed by atoms with Crippen molar-refractivity contribution in [2.24, 2.45) is 7.05 Å². The van der Waals surface area contributed by atoms with Crippen LogP contribution in [-0.4, -0.2) is 36.0 Å². The second kappa shape index (κ2) is 6.39. The summed E-state index contributed by atoms with van der Waals surface area (Å²) in [4.78, 5) is 14.1. The number of hydrogen-bond donors (Lipinski definition) is 0. The Morgan fingerprint density at radius 3 is 2.80 bits per heavy atom. The molecule has 4 nitrogen and oxygen atoms in total. The fourth-order valence-electron chi connectivity index (χ4n) is 2.14. The smallest absolute Gasteiger partial charge is 0.178 e. The maximum Gasteiger partial charge on any atom is 0.178 e. The summed E-state index contributed by atoms with van der Waals surface area (Å²) in [5.41, 5.74) is 1.89. The minimum Gasteiger partial charge on any atom is -0.497 e. The van der Waals surface area contributed by atoms with Crippen molar-refractivity contribution in [3.05, 3.63) is 53.9 Å². The molecule has 2 rings (SSSR count). The first kappa shape index (κ1) is 14.3. The van der Waals surface area contributed by atoms with Crippen LogP contribution in [0.1, 0.15) is 15.9 Å². The predicted molar refractivity (Wildman–Crippen MR) is 79.1 cm³/mol. The first-order chi connectivity index (χ1) is 9.58. The van der Waals surface area contributed by atoms with Crippen LogP contribution in [0, 0.1) is 0 Å². The molecule has 1 heterocycles. The molecule has 0 aliphatic heterocycles. The number of ketones is 1. The second-order valence-corrected chi connectivity index (χ2v) is 5.01. The molecule has 0 spiro atoms. The molecule has 0 N–H and O–H groups in total. The van der Waals surface area contributed by atoms with Crippen molar-refractivity contribution in [3.8, 4) is 5.75 Å². The van der Waals surface area contributed by atoms with Crippen LogP contribution in [0.5, 0.6) is 5.75 Å². The van der Waals surface area contributed by atoms with E-state index >= 15 is 0 Å². The number of aromatic nitrogens is 1. The summed E-state index contributed by atoms with van der Waals surface area (Å²) in [7, 11) is 5.51. The van der Waals surface area contributed by atoms with Gasteiger partial charge in [-0.05, 0) is 30.8 Å². The van der Waals surface area contributed by atoms with Gasteiger partial charge in [0.05, 0.1) is 13.7 Å². The van der Waals surface area contributed by atoms with E-state index in [1.54, 1.807) is 7.11 Å². The molecule has 0 amide bonds. The lowest BCUT2D eigenvalue weighted by atomic mass is 10.2. The van der Waals surface area contributed by atoms with Crippen molar-refractivity contribution < 1.29 is 9.53 Å². The molecule has 1 aromatic carbocycles. The van der Waals surface area contributed by atoms with Crippen molar-refractivity contribution in [2.75, 3.05) is 20.7 Å². The van der Waals surface area contributed by atoms with Gasteiger partial charge < -0.3 is 9.30 Å². The Balaban J connectivity index is 1.94. The van der Waals surface area contributed by atoms with E-state index in [1.807, 2.05) is 66.3 Å². The van der Waals surface area contributed by atoms with Crippen molar-refractivity contribution in [1.82, 2.24) is 9.47 Å². The predicted octanol–water partition coefficient (Wildman–Crippen LogP) is 2.35. The lowest BCUT2D eigenvalue weighted by molar-refractivity contribution is 0.0943. The molecule has 1 aromatic heterocycles. The maximum atomic E-state index is 12.1. The fourth-order valence-corrected chi connectivity index (χ4v) is 2.14. The molecule has 0 fully saturated rings. The molecule has 0 atom stereocenters. The molecule has 0 unspecified atom stereocenters. The largest absolute Gasteiger partial charge is 0.497 e. The average Bonchev–Trinajstić information content (AvgIpc) is 2.85. The van der Waals surface area contributed by atoms with Gasteiger partial charge in [0.25, 0.3) is 0 Å². The van der Waals surface area contributed by atoms with E-state index in [1.165, 1.54) is 0 Å². The molecule has 0 saturated carbocycles. The lowest BCUT2D eigenvalue weighted by Gasteiger charge is -2.16. The van der Waals surface area contributed by atoms with Gasteiger partial charge in [0.15, 0.2) is 5.78 Å². The van der Waals surface area contributed by atoms with Gasteiger partial charge in [-0.1, -0.05) is 12.1 Å². The molecule has 4 heteroatoms. The van der Waals surface area contributed by atoms with Crippen molar-refractivity contribution in [2.45, 2.75) is 6.54 Å². The summed E-state index contributed by atoms with van der Waals surface area (Å²) in [5, 5.41) is 0. The SMILES string of the molecule is COc1cccc(CN(C)CC(=O)c2ccn(C)c2)c1. The molecular formula is C16H20N2O2. The van der Waals surface area contributed by atoms with Crippen LogP contribution in [0.3, 0.4) is 0 Å². The van der Waals surface area contributed by atoms with E-state index in [0.717, 1.165) is 23.4 Å². The Morgan fingerprint density at radius 2 is 2.15 bits per heavy atom. The summed E-state index contributed by atoms with van der Waals surface area (Å²) in [6.45, 7) is 1.12. The monoisotopic (exact) mass is 272 g/mol. The summed E-state index contributed by atoms with van der Waals surface area (Å²) in [6, 6.07) is 9.75. The number of nitrogens with zero attached hydrogens (tertiary/aromatic N) is 2. The zero-order valence-corrected chi connectivity index (χ0v) is 12.2. The number of aryl methyl sites for hydroxylation is 1. The summed E-state index contributed by atoms with van der Waals surface area (Å²) >= 11 is 0. The number of benzene rings is 1. The Morgan fingerprint density at radius 1 is 1.35 bits per heavy atom. The van der Waals surface area contributed by atoms with Crippen LogP contribution in [0.25, 0.3) is 0 Å². The first-order valence-corrected chi connectivity index (χ1v) is 6.55. The van der Waals surface area contributed by atoms with Gasteiger partial charge in [-0.25, -0.2) is 0 Å².